The lowest BCUT2D eigenvalue weighted by Crippen LogP contribution is -2.01. The Bertz CT molecular complexity index is 775. The lowest BCUT2D eigenvalue weighted by Gasteiger charge is -1.98. The molecule has 0 unspecified atom stereocenters. The summed E-state index contributed by atoms with van der Waals surface area (Å²) in [5.41, 5.74) is 0.951. The van der Waals surface area contributed by atoms with E-state index in [0.29, 0.717) is 10.4 Å². The highest BCUT2D eigenvalue weighted by Crippen LogP contribution is 2.23. The van der Waals surface area contributed by atoms with Gasteiger partial charge in [0.1, 0.15) is 0 Å². The van der Waals surface area contributed by atoms with Crippen molar-refractivity contribution in [3.05, 3.63) is 70.7 Å². The number of hydrogen-bond donors (Lipinski definition) is 0. The van der Waals surface area contributed by atoms with E-state index in [9.17, 15) is 9.18 Å². The van der Waals surface area contributed by atoms with Crippen LogP contribution in [0.1, 0.15) is 16.1 Å². The summed E-state index contributed by atoms with van der Waals surface area (Å²) in [6.07, 6.45) is 0.193. The number of fused-ring (bicyclic) bond motifs is 1. The molecule has 2 nitrogen and oxygen atoms in total. The monoisotopic (exact) mass is 288 g/mol. The van der Waals surface area contributed by atoms with Crippen LogP contribution in [-0.2, 0) is 6.42 Å². The number of furan rings is 1. The zero-order chi connectivity index (χ0) is 14.1. The Morgan fingerprint density at radius 2 is 1.90 bits per heavy atom. The summed E-state index contributed by atoms with van der Waals surface area (Å²) >= 11 is 5.79. The number of carbonyl (C=O) groups is 1. The van der Waals surface area contributed by atoms with Gasteiger partial charge < -0.3 is 4.42 Å². The average Bonchev–Trinajstić information content (AvgIpc) is 2.87. The summed E-state index contributed by atoms with van der Waals surface area (Å²) in [6.45, 7) is 0. The first-order valence-corrected chi connectivity index (χ1v) is 6.47. The molecule has 0 aliphatic carbocycles. The maximum absolute atomic E-state index is 13.5. The van der Waals surface area contributed by atoms with Crippen LogP contribution < -0.4 is 0 Å². The van der Waals surface area contributed by atoms with Crippen LogP contribution in [0.2, 0.25) is 5.02 Å². The van der Waals surface area contributed by atoms with Crippen molar-refractivity contribution in [3.8, 4) is 0 Å². The predicted octanol–water partition coefficient (Wildman–Crippen LogP) is 4.65. The fraction of sp³-hybridized carbons (Fsp3) is 0.0625. The molecule has 0 amide bonds. The van der Waals surface area contributed by atoms with E-state index in [1.807, 2.05) is 0 Å². The Hall–Kier alpha value is -2.13. The van der Waals surface area contributed by atoms with Gasteiger partial charge in [0, 0.05) is 16.8 Å². The van der Waals surface area contributed by atoms with E-state index in [1.54, 1.807) is 42.5 Å². The lowest BCUT2D eigenvalue weighted by molar-refractivity contribution is 0.0968. The fourth-order valence-corrected chi connectivity index (χ4v) is 2.17. The van der Waals surface area contributed by atoms with Gasteiger partial charge in [-0.1, -0.05) is 35.9 Å². The van der Waals surface area contributed by atoms with E-state index in [0.717, 1.165) is 5.56 Å². The number of rotatable bonds is 3. The van der Waals surface area contributed by atoms with Crippen molar-refractivity contribution in [2.45, 2.75) is 6.42 Å². The zero-order valence-electron chi connectivity index (χ0n) is 10.4. The molecule has 100 valence electrons. The van der Waals surface area contributed by atoms with Gasteiger partial charge in [0.2, 0.25) is 5.78 Å². The zero-order valence-corrected chi connectivity index (χ0v) is 11.2. The summed E-state index contributed by atoms with van der Waals surface area (Å²) in [5, 5.41) is 1.21. The van der Waals surface area contributed by atoms with Crippen LogP contribution in [0.4, 0.5) is 4.39 Å². The van der Waals surface area contributed by atoms with E-state index in [1.165, 1.54) is 6.07 Å². The Labute approximate surface area is 119 Å². The molecule has 0 saturated carbocycles. The van der Waals surface area contributed by atoms with Gasteiger partial charge in [-0.25, -0.2) is 4.39 Å². The van der Waals surface area contributed by atoms with E-state index < -0.39 is 5.82 Å². The first-order chi connectivity index (χ1) is 9.63. The highest BCUT2D eigenvalue weighted by Gasteiger charge is 2.14. The number of carbonyl (C=O) groups excluding carboxylic acids is 1. The van der Waals surface area contributed by atoms with Crippen molar-refractivity contribution in [2.75, 3.05) is 0 Å². The molecule has 0 atom stereocenters. The van der Waals surface area contributed by atoms with Gasteiger partial charge in [-0.3, -0.25) is 4.79 Å². The van der Waals surface area contributed by atoms with E-state index in [-0.39, 0.29) is 23.5 Å². The smallest absolute Gasteiger partial charge is 0.202 e. The number of para-hydroxylation sites is 1. The third-order valence-electron chi connectivity index (χ3n) is 3.05. The van der Waals surface area contributed by atoms with Crippen LogP contribution in [0, 0.1) is 5.82 Å². The van der Waals surface area contributed by atoms with Gasteiger partial charge in [0.25, 0.3) is 0 Å². The highest BCUT2D eigenvalue weighted by atomic mass is 35.5. The summed E-state index contributed by atoms with van der Waals surface area (Å²) in [6, 6.07) is 13.2. The maximum Gasteiger partial charge on any atom is 0.202 e. The second-order valence-corrected chi connectivity index (χ2v) is 4.93. The summed E-state index contributed by atoms with van der Waals surface area (Å²) in [5.74, 6) is -0.490. The number of halogens is 2. The molecule has 0 fully saturated rings. The molecule has 0 bridgehead atoms. The topological polar surface area (TPSA) is 30.2 Å². The Kier molecular flexibility index (Phi) is 3.28. The average molecular weight is 289 g/mol. The standard InChI is InChI=1S/C16H10ClFO2/c17-12-6-4-10(5-7-12)8-14(19)15-9-11-2-1-3-13(18)16(11)20-15/h1-7,9H,8H2. The van der Waals surface area contributed by atoms with Gasteiger partial charge in [-0.05, 0) is 29.8 Å². The SMILES string of the molecule is O=C(Cc1ccc(Cl)cc1)c1cc2cccc(F)c2o1. The van der Waals surface area contributed by atoms with E-state index in [2.05, 4.69) is 0 Å². The van der Waals surface area contributed by atoms with Gasteiger partial charge in [0.05, 0.1) is 0 Å². The Morgan fingerprint density at radius 3 is 2.60 bits per heavy atom. The van der Waals surface area contributed by atoms with E-state index >= 15 is 0 Å². The molecule has 3 aromatic rings. The molecule has 1 aromatic heterocycles. The van der Waals surface area contributed by atoms with Crippen molar-refractivity contribution in [1.82, 2.24) is 0 Å². The summed E-state index contributed by atoms with van der Waals surface area (Å²) in [7, 11) is 0. The van der Waals surface area contributed by atoms with Crippen LogP contribution in [0.5, 0.6) is 0 Å². The van der Waals surface area contributed by atoms with Crippen molar-refractivity contribution in [2.24, 2.45) is 0 Å². The highest BCUT2D eigenvalue weighted by molar-refractivity contribution is 6.30. The second-order valence-electron chi connectivity index (χ2n) is 4.50. The third-order valence-corrected chi connectivity index (χ3v) is 3.30. The molecule has 4 heteroatoms. The number of hydrogen-bond acceptors (Lipinski definition) is 2. The van der Waals surface area contributed by atoms with Crippen molar-refractivity contribution in [1.29, 1.82) is 0 Å². The Morgan fingerprint density at radius 1 is 1.15 bits per heavy atom. The predicted molar refractivity (Wildman–Crippen MR) is 75.7 cm³/mol. The number of benzene rings is 2. The minimum Gasteiger partial charge on any atom is -0.450 e. The van der Waals surface area contributed by atoms with Gasteiger partial charge in [0.15, 0.2) is 17.2 Å². The second kappa shape index (κ2) is 5.10. The number of Topliss-reactive ketones (excluding diaryl/α,β-unsaturated/α-hetero) is 1. The van der Waals surface area contributed by atoms with E-state index in [4.69, 9.17) is 16.0 Å². The molecule has 20 heavy (non-hydrogen) atoms. The molecule has 0 aliphatic rings. The maximum atomic E-state index is 13.5. The molecule has 2 aromatic carbocycles. The van der Waals surface area contributed by atoms with Gasteiger partial charge in [-0.2, -0.15) is 0 Å². The lowest BCUT2D eigenvalue weighted by atomic mass is 10.1. The minimum absolute atomic E-state index is 0.118. The quantitative estimate of drug-likeness (QED) is 0.657. The molecule has 1 heterocycles. The third kappa shape index (κ3) is 2.45. The van der Waals surface area contributed by atoms with Crippen LogP contribution in [0.15, 0.2) is 52.9 Å². The normalized spacial score (nSPS) is 10.9. The number of ketones is 1. The van der Waals surface area contributed by atoms with Crippen molar-refractivity contribution in [3.63, 3.8) is 0 Å². The molecule has 0 N–H and O–H groups in total. The minimum atomic E-state index is -0.465. The molecule has 0 radical (unpaired) electrons. The molecular weight excluding hydrogens is 279 g/mol. The van der Waals surface area contributed by atoms with Gasteiger partial charge >= 0.3 is 0 Å². The Balaban J connectivity index is 1.89. The molecule has 0 saturated heterocycles. The van der Waals surface area contributed by atoms with Crippen LogP contribution in [0.3, 0.4) is 0 Å². The fourth-order valence-electron chi connectivity index (χ4n) is 2.04. The van der Waals surface area contributed by atoms with Crippen LogP contribution >= 0.6 is 11.6 Å². The summed E-state index contributed by atoms with van der Waals surface area (Å²) < 4.78 is 18.8. The van der Waals surface area contributed by atoms with Crippen LogP contribution in [0.25, 0.3) is 11.0 Å². The molecule has 3 rings (SSSR count). The summed E-state index contributed by atoms with van der Waals surface area (Å²) in [4.78, 5) is 12.1. The molecule has 0 spiro atoms. The molecule has 0 aliphatic heterocycles. The van der Waals surface area contributed by atoms with Gasteiger partial charge in [-0.15, -0.1) is 0 Å². The first kappa shape index (κ1) is 12.9. The largest absolute Gasteiger partial charge is 0.450 e. The van der Waals surface area contributed by atoms with Crippen LogP contribution in [-0.4, -0.2) is 5.78 Å². The van der Waals surface area contributed by atoms with Crippen molar-refractivity contribution < 1.29 is 13.6 Å². The first-order valence-electron chi connectivity index (χ1n) is 6.09. The van der Waals surface area contributed by atoms with Crippen molar-refractivity contribution >= 4 is 28.4 Å². The molecular formula is C16H10ClFO2.